The number of fused-ring (bicyclic) bond motifs is 1. The van der Waals surface area contributed by atoms with E-state index in [1.165, 1.54) is 25.7 Å². The first-order valence-electron chi connectivity index (χ1n) is 11.9. The molecule has 4 nitrogen and oxygen atoms in total. The number of aromatic hydroxyl groups is 1. The molecule has 1 aromatic heterocycles. The Morgan fingerprint density at radius 2 is 1.45 bits per heavy atom. The molecule has 33 heavy (non-hydrogen) atoms. The smallest absolute Gasteiger partial charge is 0.297 e. The Morgan fingerprint density at radius 1 is 0.788 bits per heavy atom. The average Bonchev–Trinajstić information content (AvgIpc) is 2.86. The van der Waals surface area contributed by atoms with Crippen molar-refractivity contribution in [3.8, 4) is 28.4 Å². The zero-order valence-corrected chi connectivity index (χ0v) is 19.2. The number of pyridine rings is 1. The summed E-state index contributed by atoms with van der Waals surface area (Å²) in [5.74, 6) is 0.385. The van der Waals surface area contributed by atoms with E-state index in [-0.39, 0.29) is 17.1 Å². The molecule has 0 unspecified atom stereocenters. The van der Waals surface area contributed by atoms with Gasteiger partial charge in [-0.2, -0.15) is 0 Å². The van der Waals surface area contributed by atoms with Crippen molar-refractivity contribution in [3.05, 3.63) is 89.2 Å². The molecule has 0 saturated carbocycles. The van der Waals surface area contributed by atoms with Crippen molar-refractivity contribution < 1.29 is 9.84 Å². The molecule has 1 N–H and O–H groups in total. The summed E-state index contributed by atoms with van der Waals surface area (Å²) in [5.41, 5.74) is 2.46. The van der Waals surface area contributed by atoms with Crippen LogP contribution < -0.4 is 10.3 Å². The molecule has 0 aliphatic carbocycles. The zero-order valence-electron chi connectivity index (χ0n) is 19.2. The van der Waals surface area contributed by atoms with Crippen molar-refractivity contribution in [1.29, 1.82) is 0 Å². The highest BCUT2D eigenvalue weighted by molar-refractivity contribution is 5.91. The summed E-state index contributed by atoms with van der Waals surface area (Å²) in [7, 11) is 0. The summed E-state index contributed by atoms with van der Waals surface area (Å²) >= 11 is 0. The van der Waals surface area contributed by atoms with E-state index < -0.39 is 0 Å². The number of rotatable bonds is 10. The maximum atomic E-state index is 13.4. The van der Waals surface area contributed by atoms with E-state index in [2.05, 4.69) is 6.92 Å². The summed E-state index contributed by atoms with van der Waals surface area (Å²) in [4.78, 5) is 13.4. The molecule has 4 aromatic rings. The Morgan fingerprint density at radius 3 is 2.18 bits per heavy atom. The third-order valence-corrected chi connectivity index (χ3v) is 6.00. The van der Waals surface area contributed by atoms with Crippen molar-refractivity contribution in [1.82, 2.24) is 4.57 Å². The van der Waals surface area contributed by atoms with E-state index in [1.807, 2.05) is 66.7 Å². The zero-order chi connectivity index (χ0) is 23.0. The van der Waals surface area contributed by atoms with Crippen LogP contribution >= 0.6 is 0 Å². The summed E-state index contributed by atoms with van der Waals surface area (Å²) < 4.78 is 7.66. The minimum absolute atomic E-state index is 0.0232. The first kappa shape index (κ1) is 22.7. The standard InChI is InChI=1S/C29H31NO3/c1-2-3-4-5-6-13-20-30-26-19-18-23(22-14-9-7-10-15-22)21-25(26)27(31)28(29(30)32)33-24-16-11-8-12-17-24/h7-12,14-19,21,31H,2-6,13,20H2,1H3. The van der Waals surface area contributed by atoms with E-state index >= 15 is 0 Å². The molecule has 0 spiro atoms. The van der Waals surface area contributed by atoms with Gasteiger partial charge in [0.25, 0.3) is 5.56 Å². The highest BCUT2D eigenvalue weighted by Crippen LogP contribution is 2.36. The Bertz CT molecular complexity index is 1250. The normalized spacial score (nSPS) is 11.1. The average molecular weight is 442 g/mol. The number of para-hydroxylation sites is 1. The second-order valence-electron chi connectivity index (χ2n) is 8.42. The maximum Gasteiger partial charge on any atom is 0.297 e. The Kier molecular flexibility index (Phi) is 7.46. The monoisotopic (exact) mass is 441 g/mol. The van der Waals surface area contributed by atoms with Gasteiger partial charge >= 0.3 is 0 Å². The lowest BCUT2D eigenvalue weighted by Crippen LogP contribution is -2.22. The van der Waals surface area contributed by atoms with Gasteiger partial charge in [0.05, 0.1) is 5.52 Å². The van der Waals surface area contributed by atoms with Crippen molar-refractivity contribution in [2.75, 3.05) is 0 Å². The Labute approximate surface area is 195 Å². The number of hydrogen-bond acceptors (Lipinski definition) is 3. The summed E-state index contributed by atoms with van der Waals surface area (Å²) in [5, 5.41) is 11.7. The first-order valence-corrected chi connectivity index (χ1v) is 11.9. The van der Waals surface area contributed by atoms with Crippen LogP contribution in [-0.4, -0.2) is 9.67 Å². The van der Waals surface area contributed by atoms with E-state index in [0.717, 1.165) is 29.5 Å². The molecule has 4 rings (SSSR count). The molecule has 4 heteroatoms. The van der Waals surface area contributed by atoms with Crippen LogP contribution in [0.1, 0.15) is 45.4 Å². The highest BCUT2D eigenvalue weighted by Gasteiger charge is 2.19. The Balaban J connectivity index is 1.75. The molecule has 0 atom stereocenters. The minimum atomic E-state index is -0.301. The summed E-state index contributed by atoms with van der Waals surface area (Å²) in [6.45, 7) is 2.80. The molecule has 0 aliphatic rings. The number of hydrogen-bond donors (Lipinski definition) is 1. The first-order chi connectivity index (χ1) is 16.2. The summed E-state index contributed by atoms with van der Waals surface area (Å²) in [6, 6.07) is 25.0. The summed E-state index contributed by atoms with van der Waals surface area (Å²) in [6.07, 6.45) is 6.85. The van der Waals surface area contributed by atoms with Gasteiger partial charge in [0.15, 0.2) is 5.75 Å². The molecular weight excluding hydrogens is 410 g/mol. The van der Waals surface area contributed by atoms with Crippen LogP contribution in [0, 0.1) is 0 Å². The third-order valence-electron chi connectivity index (χ3n) is 6.00. The number of ether oxygens (including phenoxy) is 1. The minimum Gasteiger partial charge on any atom is -0.504 e. The van der Waals surface area contributed by atoms with E-state index in [9.17, 15) is 9.90 Å². The number of aryl methyl sites for hydroxylation is 1. The van der Waals surface area contributed by atoms with Crippen molar-refractivity contribution in [3.63, 3.8) is 0 Å². The fourth-order valence-electron chi connectivity index (χ4n) is 4.20. The van der Waals surface area contributed by atoms with E-state index in [1.54, 1.807) is 16.7 Å². The fourth-order valence-corrected chi connectivity index (χ4v) is 4.20. The second kappa shape index (κ2) is 10.9. The Hall–Kier alpha value is -3.53. The van der Waals surface area contributed by atoms with Gasteiger partial charge in [-0.15, -0.1) is 0 Å². The van der Waals surface area contributed by atoms with Crippen molar-refractivity contribution in [2.45, 2.75) is 52.0 Å². The second-order valence-corrected chi connectivity index (χ2v) is 8.42. The predicted molar refractivity (Wildman–Crippen MR) is 135 cm³/mol. The predicted octanol–water partition coefficient (Wildman–Crippen LogP) is 7.53. The van der Waals surface area contributed by atoms with Crippen LogP contribution in [0.5, 0.6) is 17.2 Å². The topological polar surface area (TPSA) is 51.5 Å². The van der Waals surface area contributed by atoms with Gasteiger partial charge in [-0.25, -0.2) is 0 Å². The fraction of sp³-hybridized carbons (Fsp3) is 0.276. The van der Waals surface area contributed by atoms with Crippen LogP contribution in [0.4, 0.5) is 0 Å². The molecule has 0 radical (unpaired) electrons. The van der Waals surface area contributed by atoms with Gasteiger partial charge in [0.2, 0.25) is 5.75 Å². The maximum absolute atomic E-state index is 13.4. The molecule has 0 bridgehead atoms. The van der Waals surface area contributed by atoms with Crippen molar-refractivity contribution in [2.24, 2.45) is 0 Å². The molecule has 0 amide bonds. The van der Waals surface area contributed by atoms with Crippen LogP contribution in [0.25, 0.3) is 22.0 Å². The van der Waals surface area contributed by atoms with Gasteiger partial charge in [0.1, 0.15) is 5.75 Å². The van der Waals surface area contributed by atoms with E-state index in [0.29, 0.717) is 17.7 Å². The lowest BCUT2D eigenvalue weighted by Gasteiger charge is -2.16. The van der Waals surface area contributed by atoms with Gasteiger partial charge in [-0.3, -0.25) is 4.79 Å². The van der Waals surface area contributed by atoms with Crippen LogP contribution in [0.15, 0.2) is 83.7 Å². The van der Waals surface area contributed by atoms with Gasteiger partial charge < -0.3 is 14.4 Å². The molecular formula is C29H31NO3. The van der Waals surface area contributed by atoms with Crippen LogP contribution in [-0.2, 0) is 6.54 Å². The van der Waals surface area contributed by atoms with Crippen LogP contribution in [0.2, 0.25) is 0 Å². The lowest BCUT2D eigenvalue weighted by molar-refractivity contribution is 0.404. The number of nitrogens with zero attached hydrogens (tertiary/aromatic N) is 1. The molecule has 1 heterocycles. The van der Waals surface area contributed by atoms with Gasteiger partial charge in [0, 0.05) is 11.9 Å². The number of unbranched alkanes of at least 4 members (excludes halogenated alkanes) is 5. The largest absolute Gasteiger partial charge is 0.504 e. The molecule has 0 saturated heterocycles. The number of aromatic nitrogens is 1. The third kappa shape index (κ3) is 5.28. The SMILES string of the molecule is CCCCCCCCn1c(=O)c(Oc2ccccc2)c(O)c2cc(-c3ccccc3)ccc21. The van der Waals surface area contributed by atoms with Crippen LogP contribution in [0.3, 0.4) is 0 Å². The quantitative estimate of drug-likeness (QED) is 0.259. The molecule has 0 fully saturated rings. The molecule has 3 aromatic carbocycles. The van der Waals surface area contributed by atoms with Gasteiger partial charge in [-0.1, -0.05) is 93.6 Å². The van der Waals surface area contributed by atoms with E-state index in [4.69, 9.17) is 4.74 Å². The molecule has 0 aliphatic heterocycles. The highest BCUT2D eigenvalue weighted by atomic mass is 16.5. The molecule has 170 valence electrons. The number of benzene rings is 3. The lowest BCUT2D eigenvalue weighted by atomic mass is 10.0. The van der Waals surface area contributed by atoms with Crippen molar-refractivity contribution >= 4 is 10.9 Å². The van der Waals surface area contributed by atoms with Gasteiger partial charge in [-0.05, 0) is 41.8 Å².